The maximum absolute atomic E-state index is 12.2. The van der Waals surface area contributed by atoms with Gasteiger partial charge in [-0.15, -0.1) is 0 Å². The van der Waals surface area contributed by atoms with Crippen molar-refractivity contribution in [2.75, 3.05) is 34.4 Å². The standard InChI is InChI=1S/C17H24N2O7S/c1-12-7-8-13(27(23,24)19(2)3)10-14(12)17(22)26-11-15(20)18-9-5-6-16(21)25-4/h7-8,10H,5-6,9,11H2,1-4H3,(H,18,20). The number of esters is 2. The van der Waals surface area contributed by atoms with E-state index in [1.807, 2.05) is 0 Å². The van der Waals surface area contributed by atoms with Crippen LogP contribution in [0.1, 0.15) is 28.8 Å². The number of amides is 1. The highest BCUT2D eigenvalue weighted by molar-refractivity contribution is 7.89. The Morgan fingerprint density at radius 3 is 2.44 bits per heavy atom. The van der Waals surface area contributed by atoms with Crippen molar-refractivity contribution in [3.63, 3.8) is 0 Å². The summed E-state index contributed by atoms with van der Waals surface area (Å²) in [7, 11) is 0.355. The van der Waals surface area contributed by atoms with Gasteiger partial charge in [-0.3, -0.25) is 9.59 Å². The number of benzene rings is 1. The van der Waals surface area contributed by atoms with Crippen LogP contribution in [0.5, 0.6) is 0 Å². The first kappa shape index (κ1) is 22.6. The first-order chi connectivity index (χ1) is 12.6. The molecule has 0 bridgehead atoms. The van der Waals surface area contributed by atoms with Gasteiger partial charge in [-0.05, 0) is 31.0 Å². The lowest BCUT2D eigenvalue weighted by Gasteiger charge is -2.13. The van der Waals surface area contributed by atoms with E-state index in [0.717, 1.165) is 4.31 Å². The number of hydrogen-bond acceptors (Lipinski definition) is 7. The second kappa shape index (κ2) is 10.0. The quantitative estimate of drug-likeness (QED) is 0.473. The first-order valence-corrected chi connectivity index (χ1v) is 9.57. The van der Waals surface area contributed by atoms with Crippen LogP contribution in [0, 0.1) is 6.92 Å². The number of nitrogens with zero attached hydrogens (tertiary/aromatic N) is 1. The van der Waals surface area contributed by atoms with E-state index in [-0.39, 0.29) is 29.4 Å². The highest BCUT2D eigenvalue weighted by Gasteiger charge is 2.21. The number of methoxy groups -OCH3 is 1. The van der Waals surface area contributed by atoms with Gasteiger partial charge in [0.1, 0.15) is 0 Å². The van der Waals surface area contributed by atoms with Crippen molar-refractivity contribution in [1.82, 2.24) is 9.62 Å². The van der Waals surface area contributed by atoms with Gasteiger partial charge in [-0.2, -0.15) is 0 Å². The molecule has 1 amide bonds. The van der Waals surface area contributed by atoms with Crippen molar-refractivity contribution in [2.45, 2.75) is 24.7 Å². The number of hydrogen-bond donors (Lipinski definition) is 1. The van der Waals surface area contributed by atoms with Crippen LogP contribution in [0.25, 0.3) is 0 Å². The zero-order valence-corrected chi connectivity index (χ0v) is 16.6. The average Bonchev–Trinajstić information content (AvgIpc) is 2.62. The molecule has 0 fully saturated rings. The molecule has 150 valence electrons. The van der Waals surface area contributed by atoms with Crippen molar-refractivity contribution in [3.05, 3.63) is 29.3 Å². The summed E-state index contributed by atoms with van der Waals surface area (Å²) in [4.78, 5) is 34.8. The Morgan fingerprint density at radius 1 is 1.19 bits per heavy atom. The summed E-state index contributed by atoms with van der Waals surface area (Å²) in [6.07, 6.45) is 0.568. The number of carbonyl (C=O) groups is 3. The van der Waals surface area contributed by atoms with E-state index < -0.39 is 28.5 Å². The normalized spacial score (nSPS) is 11.1. The first-order valence-electron chi connectivity index (χ1n) is 8.13. The van der Waals surface area contributed by atoms with Gasteiger partial charge in [0.15, 0.2) is 6.61 Å². The fourth-order valence-electron chi connectivity index (χ4n) is 2.01. The maximum atomic E-state index is 12.2. The Labute approximate surface area is 158 Å². The van der Waals surface area contributed by atoms with E-state index in [9.17, 15) is 22.8 Å². The zero-order valence-electron chi connectivity index (χ0n) is 15.8. The predicted octanol–water partition coefficient (Wildman–Crippen LogP) is 0.472. The SMILES string of the molecule is COC(=O)CCCNC(=O)COC(=O)c1cc(S(=O)(=O)N(C)C)ccc1C. The van der Waals surface area contributed by atoms with Crippen molar-refractivity contribution >= 4 is 27.9 Å². The Bertz CT molecular complexity index is 803. The highest BCUT2D eigenvalue weighted by Crippen LogP contribution is 2.18. The fourth-order valence-corrected chi connectivity index (χ4v) is 2.94. The van der Waals surface area contributed by atoms with E-state index in [1.165, 1.54) is 39.4 Å². The van der Waals surface area contributed by atoms with Crippen LogP contribution in [-0.4, -0.2) is 64.9 Å². The van der Waals surface area contributed by atoms with Crippen LogP contribution in [0.15, 0.2) is 23.1 Å². The Hall–Kier alpha value is -2.46. The molecule has 0 radical (unpaired) electrons. The van der Waals surface area contributed by atoms with Gasteiger partial charge in [-0.25, -0.2) is 17.5 Å². The van der Waals surface area contributed by atoms with Gasteiger partial charge in [0, 0.05) is 27.1 Å². The number of ether oxygens (including phenoxy) is 2. The molecule has 1 aromatic carbocycles. The zero-order chi connectivity index (χ0) is 20.6. The Morgan fingerprint density at radius 2 is 1.85 bits per heavy atom. The van der Waals surface area contributed by atoms with E-state index in [1.54, 1.807) is 6.92 Å². The molecule has 0 saturated carbocycles. The lowest BCUT2D eigenvalue weighted by Crippen LogP contribution is -2.30. The molecule has 0 aliphatic carbocycles. The smallest absolute Gasteiger partial charge is 0.338 e. The van der Waals surface area contributed by atoms with E-state index in [4.69, 9.17) is 4.74 Å². The number of carbonyl (C=O) groups excluding carboxylic acids is 3. The molecule has 1 N–H and O–H groups in total. The molecule has 0 aromatic heterocycles. The molecule has 0 spiro atoms. The van der Waals surface area contributed by atoms with E-state index in [2.05, 4.69) is 10.1 Å². The topological polar surface area (TPSA) is 119 Å². The molecule has 0 atom stereocenters. The molecule has 0 unspecified atom stereocenters. The number of aryl methyl sites for hydroxylation is 1. The Kier molecular flexibility index (Phi) is 8.38. The monoisotopic (exact) mass is 400 g/mol. The molecule has 0 aliphatic rings. The van der Waals surface area contributed by atoms with Crippen LogP contribution in [-0.2, 0) is 29.1 Å². The van der Waals surface area contributed by atoms with Gasteiger partial charge < -0.3 is 14.8 Å². The second-order valence-corrected chi connectivity index (χ2v) is 8.02. The van der Waals surface area contributed by atoms with E-state index in [0.29, 0.717) is 12.0 Å². The second-order valence-electron chi connectivity index (χ2n) is 5.87. The number of sulfonamides is 1. The number of rotatable bonds is 9. The third kappa shape index (κ3) is 6.65. The third-order valence-electron chi connectivity index (χ3n) is 3.65. The molecule has 9 nitrogen and oxygen atoms in total. The molecular formula is C17H24N2O7S. The van der Waals surface area contributed by atoms with Crippen LogP contribution < -0.4 is 5.32 Å². The fraction of sp³-hybridized carbons (Fsp3) is 0.471. The summed E-state index contributed by atoms with van der Waals surface area (Å²) in [5.41, 5.74) is 0.590. The van der Waals surface area contributed by atoms with Crippen molar-refractivity contribution < 1.29 is 32.3 Å². The van der Waals surface area contributed by atoms with Gasteiger partial charge in [0.2, 0.25) is 10.0 Å². The third-order valence-corrected chi connectivity index (χ3v) is 5.46. The largest absolute Gasteiger partial charge is 0.469 e. The summed E-state index contributed by atoms with van der Waals surface area (Å²) in [5.74, 6) is -1.70. The highest BCUT2D eigenvalue weighted by atomic mass is 32.2. The van der Waals surface area contributed by atoms with Crippen LogP contribution >= 0.6 is 0 Å². The summed E-state index contributed by atoms with van der Waals surface area (Å²) < 4.78 is 34.8. The van der Waals surface area contributed by atoms with Crippen LogP contribution in [0.3, 0.4) is 0 Å². The maximum Gasteiger partial charge on any atom is 0.338 e. The van der Waals surface area contributed by atoms with E-state index >= 15 is 0 Å². The summed E-state index contributed by atoms with van der Waals surface area (Å²) in [6, 6.07) is 4.12. The summed E-state index contributed by atoms with van der Waals surface area (Å²) in [5, 5.41) is 2.51. The lowest BCUT2D eigenvalue weighted by atomic mass is 10.1. The average molecular weight is 400 g/mol. The van der Waals surface area contributed by atoms with Crippen LogP contribution in [0.4, 0.5) is 0 Å². The molecule has 0 heterocycles. The minimum atomic E-state index is -3.70. The molecule has 10 heteroatoms. The molecular weight excluding hydrogens is 376 g/mol. The molecule has 27 heavy (non-hydrogen) atoms. The summed E-state index contributed by atoms with van der Waals surface area (Å²) in [6.45, 7) is 1.36. The van der Waals surface area contributed by atoms with Gasteiger partial charge >= 0.3 is 11.9 Å². The molecule has 1 rings (SSSR count). The minimum absolute atomic E-state index is 0.0442. The van der Waals surface area contributed by atoms with Crippen molar-refractivity contribution in [1.29, 1.82) is 0 Å². The van der Waals surface area contributed by atoms with Gasteiger partial charge in [-0.1, -0.05) is 6.07 Å². The van der Waals surface area contributed by atoms with Crippen molar-refractivity contribution in [3.8, 4) is 0 Å². The molecule has 1 aromatic rings. The predicted molar refractivity (Wildman–Crippen MR) is 96.6 cm³/mol. The molecule has 0 saturated heterocycles. The summed E-state index contributed by atoms with van der Waals surface area (Å²) >= 11 is 0. The Balaban J connectivity index is 2.65. The molecule has 0 aliphatic heterocycles. The van der Waals surface area contributed by atoms with Gasteiger partial charge in [0.05, 0.1) is 17.6 Å². The minimum Gasteiger partial charge on any atom is -0.469 e. The van der Waals surface area contributed by atoms with Gasteiger partial charge in [0.25, 0.3) is 5.91 Å². The van der Waals surface area contributed by atoms with Crippen molar-refractivity contribution in [2.24, 2.45) is 0 Å². The lowest BCUT2D eigenvalue weighted by molar-refractivity contribution is -0.140. The van der Waals surface area contributed by atoms with Crippen LogP contribution in [0.2, 0.25) is 0 Å². The number of nitrogens with one attached hydrogen (secondary N) is 1.